The summed E-state index contributed by atoms with van der Waals surface area (Å²) in [5.74, 6) is 0.102. The van der Waals surface area contributed by atoms with Crippen LogP contribution < -0.4 is 11.1 Å². The Hall–Kier alpha value is -1.26. The molecular formula is C11H21N3O2. The van der Waals surface area contributed by atoms with Crippen LogP contribution in [0.3, 0.4) is 0 Å². The molecule has 1 aliphatic heterocycles. The number of likely N-dealkylation sites (tertiary alicyclic amines) is 1. The zero-order chi connectivity index (χ0) is 12.1. The first kappa shape index (κ1) is 12.8. The van der Waals surface area contributed by atoms with Crippen molar-refractivity contribution in [2.24, 2.45) is 11.7 Å². The van der Waals surface area contributed by atoms with Gasteiger partial charge in [-0.25, -0.2) is 4.79 Å². The fourth-order valence-electron chi connectivity index (χ4n) is 1.96. The number of amides is 3. The summed E-state index contributed by atoms with van der Waals surface area (Å²) in [7, 11) is 0. The maximum atomic E-state index is 11.7. The number of hydrogen-bond acceptors (Lipinski definition) is 2. The highest BCUT2D eigenvalue weighted by atomic mass is 16.2. The first-order valence-electron chi connectivity index (χ1n) is 5.82. The predicted octanol–water partition coefficient (Wildman–Crippen LogP) is 0.692. The van der Waals surface area contributed by atoms with Crippen LogP contribution in [0.4, 0.5) is 4.79 Å². The van der Waals surface area contributed by atoms with E-state index in [4.69, 9.17) is 5.73 Å². The molecule has 0 saturated carbocycles. The van der Waals surface area contributed by atoms with Crippen molar-refractivity contribution in [1.82, 2.24) is 10.2 Å². The lowest BCUT2D eigenvalue weighted by molar-refractivity contribution is -0.119. The molecule has 0 aromatic heterocycles. The summed E-state index contributed by atoms with van der Waals surface area (Å²) < 4.78 is 0. The Balaban J connectivity index is 2.31. The van der Waals surface area contributed by atoms with Gasteiger partial charge in [0.1, 0.15) is 0 Å². The fourth-order valence-corrected chi connectivity index (χ4v) is 1.96. The first-order valence-corrected chi connectivity index (χ1v) is 5.82. The van der Waals surface area contributed by atoms with Gasteiger partial charge >= 0.3 is 6.03 Å². The van der Waals surface area contributed by atoms with E-state index in [1.165, 1.54) is 0 Å². The van der Waals surface area contributed by atoms with E-state index in [9.17, 15) is 9.59 Å². The highest BCUT2D eigenvalue weighted by Gasteiger charge is 2.23. The van der Waals surface area contributed by atoms with Crippen LogP contribution in [0.2, 0.25) is 0 Å². The van der Waals surface area contributed by atoms with Gasteiger partial charge in [0.15, 0.2) is 0 Å². The van der Waals surface area contributed by atoms with Crippen LogP contribution in [0.25, 0.3) is 0 Å². The minimum absolute atomic E-state index is 0.00692. The summed E-state index contributed by atoms with van der Waals surface area (Å²) in [6.07, 6.45) is 2.18. The van der Waals surface area contributed by atoms with E-state index in [0.29, 0.717) is 12.3 Å². The van der Waals surface area contributed by atoms with Crippen LogP contribution in [0.15, 0.2) is 0 Å². The molecule has 5 nitrogen and oxygen atoms in total. The minimum Gasteiger partial charge on any atom is -0.370 e. The molecule has 1 fully saturated rings. The number of urea groups is 1. The van der Waals surface area contributed by atoms with Crippen molar-refractivity contribution in [3.63, 3.8) is 0 Å². The van der Waals surface area contributed by atoms with Gasteiger partial charge in [-0.1, -0.05) is 0 Å². The molecule has 0 aliphatic carbocycles. The van der Waals surface area contributed by atoms with Gasteiger partial charge in [0.2, 0.25) is 5.91 Å². The maximum absolute atomic E-state index is 11.7. The van der Waals surface area contributed by atoms with E-state index in [0.717, 1.165) is 25.9 Å². The van der Waals surface area contributed by atoms with Crippen molar-refractivity contribution in [3.8, 4) is 0 Å². The average Bonchev–Trinajstić information content (AvgIpc) is 2.16. The molecule has 5 heteroatoms. The second kappa shape index (κ2) is 5.72. The number of rotatable bonds is 3. The molecule has 1 saturated heterocycles. The molecule has 3 amide bonds. The molecule has 3 N–H and O–H groups in total. The van der Waals surface area contributed by atoms with E-state index in [-0.39, 0.29) is 18.0 Å². The van der Waals surface area contributed by atoms with Crippen LogP contribution in [0.1, 0.15) is 33.1 Å². The van der Waals surface area contributed by atoms with Crippen molar-refractivity contribution in [3.05, 3.63) is 0 Å². The molecule has 0 spiro atoms. The number of primary amides is 1. The Morgan fingerprint density at radius 3 is 2.38 bits per heavy atom. The second-order valence-corrected chi connectivity index (χ2v) is 4.71. The average molecular weight is 227 g/mol. The third kappa shape index (κ3) is 4.08. The number of hydrogen-bond donors (Lipinski definition) is 2. The van der Waals surface area contributed by atoms with Gasteiger partial charge < -0.3 is 16.0 Å². The quantitative estimate of drug-likeness (QED) is 0.744. The summed E-state index contributed by atoms with van der Waals surface area (Å²) in [6, 6.07) is 0.156. The smallest absolute Gasteiger partial charge is 0.317 e. The Kier molecular flexibility index (Phi) is 4.58. The summed E-state index contributed by atoms with van der Waals surface area (Å²) in [4.78, 5) is 24.2. The minimum atomic E-state index is -0.245. The molecule has 0 bridgehead atoms. The van der Waals surface area contributed by atoms with E-state index < -0.39 is 0 Å². The summed E-state index contributed by atoms with van der Waals surface area (Å²) in [5.41, 5.74) is 5.15. The SMILES string of the molecule is CC(C)NC(=O)N1CCC(CC(N)=O)CC1. The standard InChI is InChI=1S/C11H21N3O2/c1-8(2)13-11(16)14-5-3-9(4-6-14)7-10(12)15/h8-9H,3-7H2,1-2H3,(H2,12,15)(H,13,16). The van der Waals surface area contributed by atoms with Crippen molar-refractivity contribution in [1.29, 1.82) is 0 Å². The molecule has 0 aromatic carbocycles. The van der Waals surface area contributed by atoms with Gasteiger partial charge in [-0.2, -0.15) is 0 Å². The maximum Gasteiger partial charge on any atom is 0.317 e. The monoisotopic (exact) mass is 227 g/mol. The topological polar surface area (TPSA) is 75.4 Å². The molecular weight excluding hydrogens is 206 g/mol. The molecule has 0 atom stereocenters. The summed E-state index contributed by atoms with van der Waals surface area (Å²) >= 11 is 0. The predicted molar refractivity (Wildman–Crippen MR) is 61.8 cm³/mol. The Morgan fingerprint density at radius 1 is 1.38 bits per heavy atom. The van der Waals surface area contributed by atoms with Crippen LogP contribution >= 0.6 is 0 Å². The summed E-state index contributed by atoms with van der Waals surface area (Å²) in [6.45, 7) is 5.32. The van der Waals surface area contributed by atoms with E-state index in [1.54, 1.807) is 4.90 Å². The zero-order valence-corrected chi connectivity index (χ0v) is 10.0. The highest BCUT2D eigenvalue weighted by molar-refractivity contribution is 5.75. The Bertz CT molecular complexity index is 258. The lowest BCUT2D eigenvalue weighted by atomic mass is 9.93. The number of carbonyl (C=O) groups excluding carboxylic acids is 2. The van der Waals surface area contributed by atoms with Crippen molar-refractivity contribution in [2.75, 3.05) is 13.1 Å². The van der Waals surface area contributed by atoms with Crippen LogP contribution in [-0.4, -0.2) is 36.0 Å². The first-order chi connectivity index (χ1) is 7.49. The van der Waals surface area contributed by atoms with Crippen LogP contribution in [0, 0.1) is 5.92 Å². The Morgan fingerprint density at radius 2 is 1.94 bits per heavy atom. The van der Waals surface area contributed by atoms with E-state index in [1.807, 2.05) is 13.8 Å². The molecule has 92 valence electrons. The van der Waals surface area contributed by atoms with Gasteiger partial charge in [-0.3, -0.25) is 4.79 Å². The highest BCUT2D eigenvalue weighted by Crippen LogP contribution is 2.19. The number of nitrogens with two attached hydrogens (primary N) is 1. The fraction of sp³-hybridized carbons (Fsp3) is 0.818. The molecule has 1 aliphatic rings. The number of carbonyl (C=O) groups is 2. The van der Waals surface area contributed by atoms with Gasteiger partial charge in [0.05, 0.1) is 0 Å². The van der Waals surface area contributed by atoms with Crippen LogP contribution in [0.5, 0.6) is 0 Å². The van der Waals surface area contributed by atoms with Crippen molar-refractivity contribution in [2.45, 2.75) is 39.2 Å². The lowest BCUT2D eigenvalue weighted by Crippen LogP contribution is -2.46. The van der Waals surface area contributed by atoms with Crippen molar-refractivity contribution < 1.29 is 9.59 Å². The van der Waals surface area contributed by atoms with E-state index in [2.05, 4.69) is 5.32 Å². The molecule has 0 unspecified atom stereocenters. The third-order valence-electron chi connectivity index (χ3n) is 2.80. The molecule has 0 radical (unpaired) electrons. The molecule has 16 heavy (non-hydrogen) atoms. The third-order valence-corrected chi connectivity index (χ3v) is 2.80. The molecule has 1 rings (SSSR count). The summed E-state index contributed by atoms with van der Waals surface area (Å²) in [5, 5.41) is 2.86. The van der Waals surface area contributed by atoms with Gasteiger partial charge in [-0.05, 0) is 32.6 Å². The normalized spacial score (nSPS) is 17.6. The van der Waals surface area contributed by atoms with Gasteiger partial charge in [0.25, 0.3) is 0 Å². The van der Waals surface area contributed by atoms with E-state index >= 15 is 0 Å². The Labute approximate surface area is 96.4 Å². The van der Waals surface area contributed by atoms with Crippen molar-refractivity contribution >= 4 is 11.9 Å². The van der Waals surface area contributed by atoms with Gasteiger partial charge in [-0.15, -0.1) is 0 Å². The lowest BCUT2D eigenvalue weighted by Gasteiger charge is -2.32. The molecule has 1 heterocycles. The second-order valence-electron chi connectivity index (χ2n) is 4.71. The van der Waals surface area contributed by atoms with Crippen LogP contribution in [-0.2, 0) is 4.79 Å². The number of nitrogens with one attached hydrogen (secondary N) is 1. The largest absolute Gasteiger partial charge is 0.370 e. The number of piperidine rings is 1. The zero-order valence-electron chi connectivity index (χ0n) is 10.0. The molecule has 0 aromatic rings. The van der Waals surface area contributed by atoms with Gasteiger partial charge in [0, 0.05) is 25.6 Å². The number of nitrogens with zero attached hydrogens (tertiary/aromatic N) is 1.